The number of carbonyl (C=O) groups is 7. The van der Waals surface area contributed by atoms with Crippen molar-refractivity contribution in [3.63, 3.8) is 0 Å². The number of nitrogens with zero attached hydrogens (tertiary/aromatic N) is 1. The maximum absolute atomic E-state index is 12.1. The zero-order valence-corrected chi connectivity index (χ0v) is 29.2. The smallest absolute Gasteiger partial charge is 0.364 e. The van der Waals surface area contributed by atoms with Crippen LogP contribution in [0, 0.1) is 0 Å². The molecule has 0 aromatic carbocycles. The Balaban J connectivity index is 1.52. The zero-order valence-electron chi connectivity index (χ0n) is 29.2. The van der Waals surface area contributed by atoms with E-state index in [1.165, 1.54) is 12.2 Å². The summed E-state index contributed by atoms with van der Waals surface area (Å²) in [4.78, 5) is 83.6. The van der Waals surface area contributed by atoms with Crippen LogP contribution >= 0.6 is 0 Å². The topological polar surface area (TPSA) is 318 Å². The highest BCUT2D eigenvalue weighted by Gasteiger charge is 2.55. The monoisotopic (exact) mass is 763 g/mol. The van der Waals surface area contributed by atoms with Crippen molar-refractivity contribution in [3.8, 4) is 0 Å². The van der Waals surface area contributed by atoms with E-state index in [9.17, 15) is 59.1 Å². The number of carbonyl (C=O) groups excluding carboxylic acids is 6. The largest absolute Gasteiger partial charge is 0.477 e. The van der Waals surface area contributed by atoms with E-state index in [1.807, 2.05) is 0 Å². The van der Waals surface area contributed by atoms with E-state index in [-0.39, 0.29) is 64.9 Å². The molecule has 0 bridgehead atoms. The molecule has 2 heterocycles. The lowest BCUT2D eigenvalue weighted by Crippen LogP contribution is -2.68. The van der Waals surface area contributed by atoms with Crippen LogP contribution in [0.3, 0.4) is 0 Å². The molecule has 6 unspecified atom stereocenters. The summed E-state index contributed by atoms with van der Waals surface area (Å²) < 4.78 is 26.6. The summed E-state index contributed by atoms with van der Waals surface area (Å²) in [5.74, 6) is -7.11. The van der Waals surface area contributed by atoms with Gasteiger partial charge in [0, 0.05) is 58.1 Å². The molecule has 1 fully saturated rings. The van der Waals surface area contributed by atoms with Gasteiger partial charge in [-0.2, -0.15) is 0 Å². The first-order valence-electron chi connectivity index (χ1n) is 16.7. The molecular formula is C31H49N5O17. The van der Waals surface area contributed by atoms with E-state index >= 15 is 0 Å². The summed E-state index contributed by atoms with van der Waals surface area (Å²) in [6, 6.07) is -1.35. The Labute approximate surface area is 304 Å². The third-order valence-electron chi connectivity index (χ3n) is 7.61. The van der Waals surface area contributed by atoms with Gasteiger partial charge in [-0.1, -0.05) is 0 Å². The summed E-state index contributed by atoms with van der Waals surface area (Å²) in [6.07, 6.45) is -4.89. The molecule has 1 saturated heterocycles. The summed E-state index contributed by atoms with van der Waals surface area (Å²) >= 11 is 0. The number of carboxylic acids is 1. The van der Waals surface area contributed by atoms with Crippen LogP contribution in [-0.4, -0.2) is 187 Å². The van der Waals surface area contributed by atoms with Crippen LogP contribution in [-0.2, 0) is 57.2 Å². The number of carboxylic acid groups (broad SMARTS) is 1. The minimum absolute atomic E-state index is 0.150. The van der Waals surface area contributed by atoms with Gasteiger partial charge in [0.2, 0.25) is 23.6 Å². The first-order valence-corrected chi connectivity index (χ1v) is 16.7. The lowest BCUT2D eigenvalue weighted by Gasteiger charge is -2.46. The number of amides is 6. The van der Waals surface area contributed by atoms with Gasteiger partial charge in [0.05, 0.1) is 51.8 Å². The van der Waals surface area contributed by atoms with E-state index in [2.05, 4.69) is 21.3 Å². The molecule has 53 heavy (non-hydrogen) atoms. The number of hydrogen-bond donors (Lipinski definition) is 9. The third kappa shape index (κ3) is 15.8. The van der Waals surface area contributed by atoms with Crippen molar-refractivity contribution in [1.82, 2.24) is 26.2 Å². The number of aliphatic hydroxyl groups excluding tert-OH is 4. The molecule has 2 aliphatic rings. The highest BCUT2D eigenvalue weighted by atomic mass is 16.7. The van der Waals surface area contributed by atoms with E-state index in [1.54, 1.807) is 0 Å². The Morgan fingerprint density at radius 3 is 1.96 bits per heavy atom. The van der Waals surface area contributed by atoms with Gasteiger partial charge in [0.25, 0.3) is 17.6 Å². The van der Waals surface area contributed by atoms with Crippen molar-refractivity contribution in [2.24, 2.45) is 0 Å². The molecule has 0 aliphatic carbocycles. The number of hydrogen-bond acceptors (Lipinski definition) is 16. The molecule has 6 amide bonds. The van der Waals surface area contributed by atoms with Gasteiger partial charge >= 0.3 is 5.97 Å². The second-order valence-corrected chi connectivity index (χ2v) is 11.8. The number of aliphatic hydroxyl groups is 4. The molecular weight excluding hydrogens is 714 g/mol. The Bertz CT molecular complexity index is 1270. The van der Waals surface area contributed by atoms with Gasteiger partial charge in [-0.15, -0.1) is 0 Å². The molecule has 0 aromatic rings. The average molecular weight is 764 g/mol. The molecule has 0 saturated carbocycles. The van der Waals surface area contributed by atoms with Crippen LogP contribution in [0.2, 0.25) is 0 Å². The van der Waals surface area contributed by atoms with Gasteiger partial charge < -0.3 is 70.5 Å². The second kappa shape index (κ2) is 23.5. The Morgan fingerprint density at radius 2 is 1.43 bits per heavy atom. The molecule has 2 aliphatic heterocycles. The molecule has 22 heteroatoms. The fourth-order valence-corrected chi connectivity index (χ4v) is 5.01. The molecule has 0 radical (unpaired) electrons. The maximum atomic E-state index is 12.1. The Hall–Kier alpha value is -4.13. The van der Waals surface area contributed by atoms with Crippen LogP contribution in [0.5, 0.6) is 0 Å². The molecule has 22 nitrogen and oxygen atoms in total. The van der Waals surface area contributed by atoms with Crippen molar-refractivity contribution in [1.29, 1.82) is 0 Å². The van der Waals surface area contributed by atoms with Crippen molar-refractivity contribution in [2.75, 3.05) is 79.0 Å². The van der Waals surface area contributed by atoms with Crippen molar-refractivity contribution >= 4 is 41.4 Å². The summed E-state index contributed by atoms with van der Waals surface area (Å²) in [5, 5.41) is 59.8. The van der Waals surface area contributed by atoms with Crippen LogP contribution in [0.4, 0.5) is 0 Å². The van der Waals surface area contributed by atoms with E-state index < -0.39 is 105 Å². The molecule has 6 atom stereocenters. The normalized spacial score (nSPS) is 22.3. The highest BCUT2D eigenvalue weighted by Crippen LogP contribution is 2.33. The minimum Gasteiger partial charge on any atom is -0.477 e. The predicted octanol–water partition coefficient (Wildman–Crippen LogP) is -5.74. The van der Waals surface area contributed by atoms with Gasteiger partial charge in [-0.3, -0.25) is 33.7 Å². The average Bonchev–Trinajstić information content (AvgIpc) is 3.43. The third-order valence-corrected chi connectivity index (χ3v) is 7.61. The van der Waals surface area contributed by atoms with Gasteiger partial charge in [-0.05, 0) is 6.42 Å². The summed E-state index contributed by atoms with van der Waals surface area (Å²) in [5.41, 5.74) is 0. The lowest BCUT2D eigenvalue weighted by molar-refractivity contribution is -0.310. The first-order chi connectivity index (χ1) is 25.2. The summed E-state index contributed by atoms with van der Waals surface area (Å²) in [6.45, 7) is -0.0640. The minimum atomic E-state index is -2.55. The quantitative estimate of drug-likeness (QED) is 0.0293. The van der Waals surface area contributed by atoms with E-state index in [0.29, 0.717) is 6.42 Å². The van der Waals surface area contributed by atoms with Gasteiger partial charge in [-0.25, -0.2) is 4.79 Å². The van der Waals surface area contributed by atoms with E-state index in [0.717, 1.165) is 11.8 Å². The summed E-state index contributed by atoms with van der Waals surface area (Å²) in [7, 11) is 0. The second-order valence-electron chi connectivity index (χ2n) is 11.8. The maximum Gasteiger partial charge on any atom is 0.364 e. The first kappa shape index (κ1) is 45.0. The molecule has 300 valence electrons. The van der Waals surface area contributed by atoms with Crippen molar-refractivity contribution in [3.05, 3.63) is 12.2 Å². The Kier molecular flexibility index (Phi) is 20.0. The fourth-order valence-electron chi connectivity index (χ4n) is 5.01. The number of rotatable bonds is 26. The number of aliphatic carboxylic acids is 1. The molecule has 0 aromatic heterocycles. The van der Waals surface area contributed by atoms with Crippen LogP contribution in [0.1, 0.15) is 26.2 Å². The fraction of sp³-hybridized carbons (Fsp3) is 0.710. The van der Waals surface area contributed by atoms with Gasteiger partial charge in [0.15, 0.2) is 0 Å². The van der Waals surface area contributed by atoms with Crippen LogP contribution < -0.4 is 21.3 Å². The number of nitrogens with one attached hydrogen (secondary N) is 4. The van der Waals surface area contributed by atoms with E-state index in [4.69, 9.17) is 23.7 Å². The number of ether oxygens (including phenoxy) is 5. The molecule has 2 rings (SSSR count). The molecule has 0 spiro atoms. The predicted molar refractivity (Wildman–Crippen MR) is 175 cm³/mol. The van der Waals surface area contributed by atoms with Crippen LogP contribution in [0.25, 0.3) is 0 Å². The highest BCUT2D eigenvalue weighted by molar-refractivity contribution is 6.12. The SMILES string of the molecule is CC(=O)NC1C(O)CC(OCCNC(=O)COCC(=O)NCCOCCOCCNC(=O)CCCN2C(=O)C=CC2=O)(C(=O)O)OC1C(O)C(O)CO. The van der Waals surface area contributed by atoms with Crippen molar-refractivity contribution < 1.29 is 82.8 Å². The standard InChI is InChI=1S/C31H49N5O17/c1-19(38)35-27-20(39)15-31(30(47)48,53-29(27)28(46)21(40)16-37)52-12-8-34-24(43)18-51-17-23(42)33-7-11-50-14-13-49-10-6-32-22(41)3-2-9-36-25(44)4-5-26(36)45/h4-5,20-21,27-29,37,39-40,46H,2-3,6-18H2,1H3,(H,32,41)(H,33,42)(H,34,43)(H,35,38)(H,47,48). The molecule has 9 N–H and O–H groups in total. The number of imide groups is 1. The van der Waals surface area contributed by atoms with Crippen molar-refractivity contribution in [2.45, 2.75) is 62.4 Å². The van der Waals surface area contributed by atoms with Gasteiger partial charge in [0.1, 0.15) is 31.5 Å². The Morgan fingerprint density at radius 1 is 0.887 bits per heavy atom. The van der Waals surface area contributed by atoms with Crippen LogP contribution in [0.15, 0.2) is 12.2 Å². The zero-order chi connectivity index (χ0) is 39.4. The lowest BCUT2D eigenvalue weighted by atomic mass is 9.88.